The summed E-state index contributed by atoms with van der Waals surface area (Å²) in [5.74, 6) is 2.02. The van der Waals surface area contributed by atoms with Crippen molar-refractivity contribution in [1.82, 2.24) is 20.0 Å². The Morgan fingerprint density at radius 3 is 2.17 bits per heavy atom. The summed E-state index contributed by atoms with van der Waals surface area (Å²) in [5.41, 5.74) is 2.27. The normalized spacial score (nSPS) is 12.8. The number of hydrogen-bond acceptors (Lipinski definition) is 4. The molecule has 0 saturated carbocycles. The van der Waals surface area contributed by atoms with Crippen LogP contribution >= 0.6 is 0 Å². The van der Waals surface area contributed by atoms with E-state index >= 15 is 0 Å². The molecule has 1 aromatic heterocycles. The fourth-order valence-electron chi connectivity index (χ4n) is 3.05. The van der Waals surface area contributed by atoms with E-state index in [1.165, 1.54) is 5.56 Å². The number of aryl methyl sites for hydroxylation is 1. The van der Waals surface area contributed by atoms with Gasteiger partial charge in [-0.15, -0.1) is 0 Å². The number of hydrogen-bond donors (Lipinski definition) is 1. The summed E-state index contributed by atoms with van der Waals surface area (Å²) in [6.07, 6.45) is 0.825. The third kappa shape index (κ3) is 4.97. The van der Waals surface area contributed by atoms with Gasteiger partial charge in [-0.1, -0.05) is 27.7 Å². The number of carbonyl (C=O) groups is 1. The van der Waals surface area contributed by atoms with E-state index in [0.717, 1.165) is 17.9 Å². The van der Waals surface area contributed by atoms with E-state index in [9.17, 15) is 4.79 Å². The van der Waals surface area contributed by atoms with Crippen LogP contribution < -0.4 is 10.2 Å². The van der Waals surface area contributed by atoms with Gasteiger partial charge in [0.1, 0.15) is 5.82 Å². The Kier molecular flexibility index (Phi) is 7.27. The Labute approximate surface area is 147 Å². The van der Waals surface area contributed by atoms with Crippen molar-refractivity contribution in [3.05, 3.63) is 11.3 Å². The van der Waals surface area contributed by atoms with Crippen molar-refractivity contribution in [2.45, 2.75) is 52.6 Å². The van der Waals surface area contributed by atoms with Crippen LogP contribution in [0.1, 0.15) is 51.3 Å². The van der Waals surface area contributed by atoms with Crippen LogP contribution in [-0.2, 0) is 18.4 Å². The van der Waals surface area contributed by atoms with Crippen LogP contribution in [0.2, 0.25) is 0 Å². The van der Waals surface area contributed by atoms with Gasteiger partial charge in [-0.2, -0.15) is 5.10 Å². The molecular formula is C18H35N5O. The Morgan fingerprint density at radius 2 is 1.75 bits per heavy atom. The molecule has 1 N–H and O–H groups in total. The molecule has 6 heteroatoms. The fourth-order valence-corrected chi connectivity index (χ4v) is 3.05. The molecule has 1 atom stereocenters. The lowest BCUT2D eigenvalue weighted by molar-refractivity contribution is -0.131. The third-order valence-electron chi connectivity index (χ3n) is 4.09. The number of likely N-dealkylation sites (N-methyl/N-ethyl adjacent to an activating group) is 1. The van der Waals surface area contributed by atoms with Crippen molar-refractivity contribution >= 4 is 11.7 Å². The zero-order valence-electron chi connectivity index (χ0n) is 16.8. The average Bonchev–Trinajstić information content (AvgIpc) is 2.79. The molecule has 0 aromatic carbocycles. The molecule has 0 bridgehead atoms. The van der Waals surface area contributed by atoms with Crippen molar-refractivity contribution in [2.75, 3.05) is 33.1 Å². The lowest BCUT2D eigenvalue weighted by Gasteiger charge is -2.24. The van der Waals surface area contributed by atoms with Gasteiger partial charge >= 0.3 is 0 Å². The first-order valence-electron chi connectivity index (χ1n) is 8.73. The zero-order chi connectivity index (χ0) is 18.6. The number of anilines is 1. The molecular weight excluding hydrogens is 302 g/mol. The lowest BCUT2D eigenvalue weighted by atomic mass is 10.0. The molecule has 0 aliphatic carbocycles. The lowest BCUT2D eigenvalue weighted by Crippen LogP contribution is -2.44. The SMILES string of the molecule is CC(C)CC(NCc1c(C(C)C)nn(C)c1N(C)C)C(=O)N(C)C. The van der Waals surface area contributed by atoms with Crippen molar-refractivity contribution in [1.29, 1.82) is 0 Å². The molecule has 138 valence electrons. The van der Waals surface area contributed by atoms with E-state index < -0.39 is 0 Å². The number of amides is 1. The number of nitrogens with one attached hydrogen (secondary N) is 1. The quantitative estimate of drug-likeness (QED) is 0.790. The smallest absolute Gasteiger partial charge is 0.239 e. The number of nitrogens with zero attached hydrogens (tertiary/aromatic N) is 4. The fraction of sp³-hybridized carbons (Fsp3) is 0.778. The van der Waals surface area contributed by atoms with Gasteiger partial charge in [0.05, 0.1) is 11.7 Å². The molecule has 0 aliphatic heterocycles. The Balaban J connectivity index is 3.07. The summed E-state index contributed by atoms with van der Waals surface area (Å²) >= 11 is 0. The molecule has 1 rings (SSSR count). The van der Waals surface area contributed by atoms with Gasteiger partial charge in [0, 0.05) is 47.3 Å². The highest BCUT2D eigenvalue weighted by Gasteiger charge is 2.24. The maximum atomic E-state index is 12.5. The topological polar surface area (TPSA) is 53.4 Å². The molecule has 6 nitrogen and oxygen atoms in total. The average molecular weight is 338 g/mol. The number of carbonyl (C=O) groups excluding carboxylic acids is 1. The van der Waals surface area contributed by atoms with E-state index in [0.29, 0.717) is 18.4 Å². The monoisotopic (exact) mass is 337 g/mol. The van der Waals surface area contributed by atoms with Gasteiger partial charge in [-0.3, -0.25) is 9.48 Å². The number of aromatic nitrogens is 2. The Bertz CT molecular complexity index is 546. The van der Waals surface area contributed by atoms with Crippen molar-refractivity contribution in [3.63, 3.8) is 0 Å². The molecule has 24 heavy (non-hydrogen) atoms. The number of rotatable bonds is 8. The van der Waals surface area contributed by atoms with Gasteiger partial charge in [0.15, 0.2) is 0 Å². The largest absolute Gasteiger partial charge is 0.363 e. The van der Waals surface area contributed by atoms with Crippen molar-refractivity contribution < 1.29 is 4.79 Å². The molecule has 1 amide bonds. The van der Waals surface area contributed by atoms with Crippen LogP contribution in [0, 0.1) is 5.92 Å². The maximum absolute atomic E-state index is 12.5. The first-order valence-corrected chi connectivity index (χ1v) is 8.73. The molecule has 0 radical (unpaired) electrons. The van der Waals surface area contributed by atoms with Gasteiger partial charge in [-0.05, 0) is 18.3 Å². The highest BCUT2D eigenvalue weighted by atomic mass is 16.2. The van der Waals surface area contributed by atoms with Crippen LogP contribution in [0.3, 0.4) is 0 Å². The molecule has 0 aliphatic rings. The highest BCUT2D eigenvalue weighted by Crippen LogP contribution is 2.27. The minimum Gasteiger partial charge on any atom is -0.363 e. The van der Waals surface area contributed by atoms with Gasteiger partial charge in [0.2, 0.25) is 5.91 Å². The molecule has 0 spiro atoms. The standard InChI is InChI=1S/C18H35N5O/c1-12(2)10-15(18(24)22(7)8)19-11-14-16(13(3)4)20-23(9)17(14)21(5)6/h12-13,15,19H,10-11H2,1-9H3. The molecule has 1 heterocycles. The van der Waals surface area contributed by atoms with Crippen LogP contribution in [0.5, 0.6) is 0 Å². The van der Waals surface area contributed by atoms with Gasteiger partial charge in [-0.25, -0.2) is 0 Å². The molecule has 1 aromatic rings. The second-order valence-electron chi connectivity index (χ2n) is 7.66. The molecule has 0 saturated heterocycles. The van der Waals surface area contributed by atoms with Crippen molar-refractivity contribution in [3.8, 4) is 0 Å². The second kappa shape index (κ2) is 8.51. The van der Waals surface area contributed by atoms with Crippen LogP contribution in [0.25, 0.3) is 0 Å². The van der Waals surface area contributed by atoms with Crippen LogP contribution in [-0.4, -0.2) is 54.8 Å². The summed E-state index contributed by atoms with van der Waals surface area (Å²) in [6, 6.07) is -0.171. The summed E-state index contributed by atoms with van der Waals surface area (Å²) < 4.78 is 1.93. The van der Waals surface area contributed by atoms with E-state index in [1.807, 2.05) is 39.9 Å². The summed E-state index contributed by atoms with van der Waals surface area (Å²) in [4.78, 5) is 16.2. The van der Waals surface area contributed by atoms with E-state index in [1.54, 1.807) is 4.90 Å². The van der Waals surface area contributed by atoms with Gasteiger partial charge in [0.25, 0.3) is 0 Å². The third-order valence-corrected chi connectivity index (χ3v) is 4.09. The summed E-state index contributed by atoms with van der Waals surface area (Å²) in [6.45, 7) is 9.24. The predicted octanol–water partition coefficient (Wildman–Crippen LogP) is 2.20. The Hall–Kier alpha value is -1.56. The van der Waals surface area contributed by atoms with Crippen LogP contribution in [0.4, 0.5) is 5.82 Å². The van der Waals surface area contributed by atoms with E-state index in [4.69, 9.17) is 0 Å². The van der Waals surface area contributed by atoms with Gasteiger partial charge < -0.3 is 15.1 Å². The molecule has 0 fully saturated rings. The second-order valence-corrected chi connectivity index (χ2v) is 7.66. The summed E-state index contributed by atoms with van der Waals surface area (Å²) in [5, 5.41) is 8.17. The zero-order valence-corrected chi connectivity index (χ0v) is 16.8. The Morgan fingerprint density at radius 1 is 1.17 bits per heavy atom. The molecule has 1 unspecified atom stereocenters. The first kappa shape index (κ1) is 20.5. The minimum absolute atomic E-state index is 0.130. The predicted molar refractivity (Wildman–Crippen MR) is 100 cm³/mol. The minimum atomic E-state index is -0.171. The van der Waals surface area contributed by atoms with E-state index in [-0.39, 0.29) is 11.9 Å². The van der Waals surface area contributed by atoms with Crippen molar-refractivity contribution in [2.24, 2.45) is 13.0 Å². The van der Waals surface area contributed by atoms with E-state index in [2.05, 4.69) is 43.0 Å². The first-order chi connectivity index (χ1) is 11.1. The summed E-state index contributed by atoms with van der Waals surface area (Å²) in [7, 11) is 9.65. The maximum Gasteiger partial charge on any atom is 0.239 e. The van der Waals surface area contributed by atoms with Crippen LogP contribution in [0.15, 0.2) is 0 Å². The highest BCUT2D eigenvalue weighted by molar-refractivity contribution is 5.81.